The number of carbonyl (C=O) groups is 2. The van der Waals surface area contributed by atoms with Crippen LogP contribution in [-0.4, -0.2) is 18.5 Å². The van der Waals surface area contributed by atoms with Gasteiger partial charge in [0.05, 0.1) is 12.2 Å². The predicted octanol–water partition coefficient (Wildman–Crippen LogP) is 4.97. The largest absolute Gasteiger partial charge is 0.462 e. The number of carbonyl (C=O) groups excluding carboxylic acids is 2. The molecule has 28 heavy (non-hydrogen) atoms. The van der Waals surface area contributed by atoms with Crippen molar-refractivity contribution >= 4 is 45.6 Å². The Bertz CT molecular complexity index is 978. The van der Waals surface area contributed by atoms with Crippen molar-refractivity contribution in [2.45, 2.75) is 40.0 Å². The highest BCUT2D eigenvalue weighted by Crippen LogP contribution is 2.40. The molecule has 0 aliphatic heterocycles. The van der Waals surface area contributed by atoms with Crippen LogP contribution < -0.4 is 5.32 Å². The van der Waals surface area contributed by atoms with Gasteiger partial charge < -0.3 is 10.1 Å². The Hall–Kier alpha value is -2.43. The van der Waals surface area contributed by atoms with Gasteiger partial charge in [-0.25, -0.2) is 4.79 Å². The number of fused-ring (bicyclic) bond motifs is 1. The monoisotopic (exact) mass is 414 g/mol. The van der Waals surface area contributed by atoms with E-state index in [4.69, 9.17) is 4.74 Å². The summed E-state index contributed by atoms with van der Waals surface area (Å²) in [5.41, 5.74) is 1.44. The van der Waals surface area contributed by atoms with Gasteiger partial charge in [-0.1, -0.05) is 6.92 Å². The Morgan fingerprint density at radius 2 is 2.18 bits per heavy atom. The van der Waals surface area contributed by atoms with Crippen molar-refractivity contribution in [1.29, 1.82) is 5.26 Å². The average molecular weight is 415 g/mol. The van der Waals surface area contributed by atoms with E-state index in [1.165, 1.54) is 22.7 Å². The molecule has 2 aromatic rings. The molecule has 146 valence electrons. The molecular weight excluding hydrogens is 392 g/mol. The van der Waals surface area contributed by atoms with E-state index < -0.39 is 11.9 Å². The molecule has 0 radical (unpaired) electrons. The minimum Gasteiger partial charge on any atom is -0.462 e. The van der Waals surface area contributed by atoms with Crippen LogP contribution in [0.15, 0.2) is 17.7 Å². The van der Waals surface area contributed by atoms with Gasteiger partial charge in [0.25, 0.3) is 5.91 Å². The van der Waals surface area contributed by atoms with Crippen LogP contribution in [0, 0.1) is 24.2 Å². The standard InChI is InChI=1S/C21H22N2O3S2/c1-4-26-21(25)18-16-8-5-12(2)9-17(16)28-20(18)23-19(24)14(11-22)10-15-7-6-13(3)27-15/h6-7,10,12H,4-5,8-9H2,1-3H3,(H,23,24)/b14-10+/t12-/m0/s1. The molecule has 2 heterocycles. The van der Waals surface area contributed by atoms with Gasteiger partial charge >= 0.3 is 5.97 Å². The molecule has 1 N–H and O–H groups in total. The van der Waals surface area contributed by atoms with E-state index in [2.05, 4.69) is 12.2 Å². The highest BCUT2D eigenvalue weighted by molar-refractivity contribution is 7.17. The number of aryl methyl sites for hydroxylation is 1. The zero-order valence-electron chi connectivity index (χ0n) is 16.1. The van der Waals surface area contributed by atoms with Crippen LogP contribution in [-0.2, 0) is 22.4 Å². The van der Waals surface area contributed by atoms with Crippen molar-refractivity contribution < 1.29 is 14.3 Å². The molecule has 0 saturated carbocycles. The number of rotatable bonds is 5. The third-order valence-corrected chi connectivity index (χ3v) is 6.75. The second kappa shape index (κ2) is 8.72. The van der Waals surface area contributed by atoms with Gasteiger partial charge in [-0.2, -0.15) is 5.26 Å². The van der Waals surface area contributed by atoms with E-state index in [9.17, 15) is 14.9 Å². The second-order valence-electron chi connectivity index (χ2n) is 6.85. The summed E-state index contributed by atoms with van der Waals surface area (Å²) in [5.74, 6) is -0.381. The van der Waals surface area contributed by atoms with E-state index in [1.54, 1.807) is 13.0 Å². The molecule has 7 heteroatoms. The predicted molar refractivity (Wildman–Crippen MR) is 113 cm³/mol. The first-order valence-corrected chi connectivity index (χ1v) is 10.9. The molecule has 1 atom stereocenters. The highest BCUT2D eigenvalue weighted by atomic mass is 32.1. The molecule has 0 fully saturated rings. The Balaban J connectivity index is 1.92. The summed E-state index contributed by atoms with van der Waals surface area (Å²) in [5, 5.41) is 12.7. The average Bonchev–Trinajstić information content (AvgIpc) is 3.21. The second-order valence-corrected chi connectivity index (χ2v) is 9.27. The highest BCUT2D eigenvalue weighted by Gasteiger charge is 2.29. The summed E-state index contributed by atoms with van der Waals surface area (Å²) >= 11 is 2.93. The molecule has 0 saturated heterocycles. The van der Waals surface area contributed by atoms with Crippen LogP contribution in [0.1, 0.15) is 50.8 Å². The molecular formula is C21H22N2O3S2. The summed E-state index contributed by atoms with van der Waals surface area (Å²) < 4.78 is 5.23. The Labute approximate surface area is 172 Å². The van der Waals surface area contributed by atoms with E-state index in [0.29, 0.717) is 16.5 Å². The molecule has 0 unspecified atom stereocenters. The lowest BCUT2D eigenvalue weighted by molar-refractivity contribution is -0.112. The van der Waals surface area contributed by atoms with Gasteiger partial charge in [0.1, 0.15) is 16.6 Å². The topological polar surface area (TPSA) is 79.2 Å². The maximum absolute atomic E-state index is 12.7. The van der Waals surface area contributed by atoms with Crippen molar-refractivity contribution in [3.8, 4) is 6.07 Å². The smallest absolute Gasteiger partial charge is 0.341 e. The Morgan fingerprint density at radius 1 is 1.39 bits per heavy atom. The molecule has 3 rings (SSSR count). The van der Waals surface area contributed by atoms with Crippen LogP contribution >= 0.6 is 22.7 Å². The summed E-state index contributed by atoms with van der Waals surface area (Å²) in [7, 11) is 0. The summed E-state index contributed by atoms with van der Waals surface area (Å²) in [6.07, 6.45) is 4.27. The summed E-state index contributed by atoms with van der Waals surface area (Å²) in [6.45, 7) is 6.19. The number of hydrogen-bond acceptors (Lipinski definition) is 6. The lowest BCUT2D eigenvalue weighted by atomic mass is 9.88. The normalized spacial score (nSPS) is 16.2. The van der Waals surface area contributed by atoms with Crippen LogP contribution in [0.25, 0.3) is 6.08 Å². The number of nitrogens with one attached hydrogen (secondary N) is 1. The molecule has 5 nitrogen and oxygen atoms in total. The Morgan fingerprint density at radius 3 is 2.82 bits per heavy atom. The number of nitrogens with zero attached hydrogens (tertiary/aromatic N) is 1. The number of ether oxygens (including phenoxy) is 1. The van der Waals surface area contributed by atoms with Crippen molar-refractivity contribution in [3.05, 3.63) is 43.5 Å². The summed E-state index contributed by atoms with van der Waals surface area (Å²) in [4.78, 5) is 28.3. The van der Waals surface area contributed by atoms with E-state index in [1.807, 2.05) is 25.1 Å². The van der Waals surface area contributed by atoms with Crippen molar-refractivity contribution in [1.82, 2.24) is 0 Å². The molecule has 0 bridgehead atoms. The van der Waals surface area contributed by atoms with Crippen LogP contribution in [0.2, 0.25) is 0 Å². The number of nitriles is 1. The minimum absolute atomic E-state index is 0.0106. The van der Waals surface area contributed by atoms with Crippen molar-refractivity contribution in [2.24, 2.45) is 5.92 Å². The van der Waals surface area contributed by atoms with Gasteiger partial charge in [0.15, 0.2) is 0 Å². The fourth-order valence-electron chi connectivity index (χ4n) is 3.25. The van der Waals surface area contributed by atoms with Crippen LogP contribution in [0.5, 0.6) is 0 Å². The molecule has 1 amide bonds. The first kappa shape index (κ1) is 20.3. The van der Waals surface area contributed by atoms with Gasteiger partial charge in [0, 0.05) is 14.6 Å². The lowest BCUT2D eigenvalue weighted by Crippen LogP contribution is -2.17. The van der Waals surface area contributed by atoms with E-state index in [0.717, 1.165) is 39.5 Å². The van der Waals surface area contributed by atoms with Crippen molar-refractivity contribution in [2.75, 3.05) is 11.9 Å². The van der Waals surface area contributed by atoms with Gasteiger partial charge in [-0.3, -0.25) is 4.79 Å². The quantitative estimate of drug-likeness (QED) is 0.426. The molecule has 0 spiro atoms. The molecule has 1 aliphatic rings. The lowest BCUT2D eigenvalue weighted by Gasteiger charge is -2.18. The number of amides is 1. The number of anilines is 1. The third kappa shape index (κ3) is 4.34. The van der Waals surface area contributed by atoms with Crippen molar-refractivity contribution in [3.63, 3.8) is 0 Å². The zero-order valence-corrected chi connectivity index (χ0v) is 17.8. The summed E-state index contributed by atoms with van der Waals surface area (Å²) in [6, 6.07) is 5.78. The first-order chi connectivity index (χ1) is 13.4. The van der Waals surface area contributed by atoms with Gasteiger partial charge in [-0.05, 0) is 62.8 Å². The van der Waals surface area contributed by atoms with Crippen LogP contribution in [0.4, 0.5) is 5.00 Å². The maximum Gasteiger partial charge on any atom is 0.341 e. The van der Waals surface area contributed by atoms with E-state index >= 15 is 0 Å². The number of esters is 1. The maximum atomic E-state index is 12.7. The molecule has 2 aromatic heterocycles. The zero-order chi connectivity index (χ0) is 20.3. The fourth-order valence-corrected chi connectivity index (χ4v) is 5.46. The molecule has 1 aliphatic carbocycles. The first-order valence-electron chi connectivity index (χ1n) is 9.24. The molecule has 0 aromatic carbocycles. The number of thiophene rings is 2. The van der Waals surface area contributed by atoms with E-state index in [-0.39, 0.29) is 12.2 Å². The fraction of sp³-hybridized carbons (Fsp3) is 0.381. The van der Waals surface area contributed by atoms with Gasteiger partial charge in [0.2, 0.25) is 0 Å². The Kier molecular flexibility index (Phi) is 6.32. The van der Waals surface area contributed by atoms with Crippen LogP contribution in [0.3, 0.4) is 0 Å². The minimum atomic E-state index is -0.509. The SMILES string of the molecule is CCOC(=O)c1c(NC(=O)/C(C#N)=C/c2ccc(C)s2)sc2c1CC[C@H](C)C2. The third-order valence-electron chi connectivity index (χ3n) is 4.63. The number of hydrogen-bond donors (Lipinski definition) is 1. The van der Waals surface area contributed by atoms with Gasteiger partial charge in [-0.15, -0.1) is 22.7 Å².